The minimum Gasteiger partial charge on any atom is -0.465 e. The van der Waals surface area contributed by atoms with Gasteiger partial charge in [-0.2, -0.15) is 0 Å². The van der Waals surface area contributed by atoms with E-state index in [0.717, 1.165) is 5.56 Å². The van der Waals surface area contributed by atoms with Gasteiger partial charge in [-0.3, -0.25) is 9.59 Å². The lowest BCUT2D eigenvalue weighted by Crippen LogP contribution is -2.46. The van der Waals surface area contributed by atoms with E-state index in [9.17, 15) is 14.4 Å². The van der Waals surface area contributed by atoms with Crippen molar-refractivity contribution in [3.05, 3.63) is 41.5 Å². The fourth-order valence-corrected chi connectivity index (χ4v) is 3.43. The maximum absolute atomic E-state index is 12.4. The number of nitrogens with zero attached hydrogens (tertiary/aromatic N) is 2. The predicted molar refractivity (Wildman–Crippen MR) is 93.5 cm³/mol. The van der Waals surface area contributed by atoms with E-state index >= 15 is 0 Å². The zero-order chi connectivity index (χ0) is 17.7. The molecule has 2 amide bonds. The number of hydrogen-bond donors (Lipinski definition) is 0. The predicted octanol–water partition coefficient (Wildman–Crippen LogP) is 1.48. The number of carbonyl (C=O) groups excluding carboxylic acids is 3. The van der Waals surface area contributed by atoms with Crippen molar-refractivity contribution in [1.29, 1.82) is 0 Å². The summed E-state index contributed by atoms with van der Waals surface area (Å²) >= 11 is 1.57. The average molecular weight is 348 g/mol. The van der Waals surface area contributed by atoms with E-state index in [1.807, 2.05) is 0 Å². The highest BCUT2D eigenvalue weighted by Crippen LogP contribution is 2.22. The van der Waals surface area contributed by atoms with Crippen molar-refractivity contribution >= 4 is 35.6 Å². The molecule has 0 radical (unpaired) electrons. The Labute approximate surface area is 145 Å². The number of carbonyl (C=O) groups is 3. The summed E-state index contributed by atoms with van der Waals surface area (Å²) in [7, 11) is 4.70. The normalized spacial score (nSPS) is 17.1. The fraction of sp³-hybridized carbons (Fsp3) is 0.353. The van der Waals surface area contributed by atoms with Gasteiger partial charge in [0.25, 0.3) is 0 Å². The minimum atomic E-state index is -0.413. The second kappa shape index (κ2) is 8.01. The SMILES string of the molecule is COC(=O)c1ccc(/C=C/C(=O)N2CSC[C@H]2C(=O)N(C)C)cc1. The van der Waals surface area contributed by atoms with Crippen LogP contribution in [-0.4, -0.2) is 66.5 Å². The third-order valence-corrected chi connectivity index (χ3v) is 4.65. The van der Waals surface area contributed by atoms with Crippen LogP contribution >= 0.6 is 11.8 Å². The van der Waals surface area contributed by atoms with Gasteiger partial charge in [-0.25, -0.2) is 4.79 Å². The third-order valence-electron chi connectivity index (χ3n) is 3.64. The molecule has 7 heteroatoms. The Morgan fingerprint density at radius 3 is 2.50 bits per heavy atom. The monoisotopic (exact) mass is 348 g/mol. The molecule has 24 heavy (non-hydrogen) atoms. The minimum absolute atomic E-state index is 0.0656. The van der Waals surface area contributed by atoms with Gasteiger partial charge in [0.1, 0.15) is 6.04 Å². The second-order valence-electron chi connectivity index (χ2n) is 5.50. The molecule has 1 saturated heterocycles. The van der Waals surface area contributed by atoms with Gasteiger partial charge < -0.3 is 14.5 Å². The zero-order valence-electron chi connectivity index (χ0n) is 13.9. The summed E-state index contributed by atoms with van der Waals surface area (Å²) in [6.45, 7) is 0. The molecule has 1 aromatic rings. The summed E-state index contributed by atoms with van der Waals surface area (Å²) in [4.78, 5) is 38.9. The number of amides is 2. The summed E-state index contributed by atoms with van der Waals surface area (Å²) in [5.41, 5.74) is 1.24. The van der Waals surface area contributed by atoms with Gasteiger partial charge in [0.05, 0.1) is 18.6 Å². The number of likely N-dealkylation sites (N-methyl/N-ethyl adjacent to an activating group) is 1. The Morgan fingerprint density at radius 1 is 1.25 bits per heavy atom. The number of thioether (sulfide) groups is 1. The second-order valence-corrected chi connectivity index (χ2v) is 6.50. The first-order chi connectivity index (χ1) is 11.4. The molecule has 6 nitrogen and oxygen atoms in total. The largest absolute Gasteiger partial charge is 0.465 e. The van der Waals surface area contributed by atoms with Crippen LogP contribution < -0.4 is 0 Å². The summed E-state index contributed by atoms with van der Waals surface area (Å²) in [5, 5.41) is 0. The van der Waals surface area contributed by atoms with E-state index in [2.05, 4.69) is 4.74 Å². The Hall–Kier alpha value is -2.28. The number of hydrogen-bond acceptors (Lipinski definition) is 5. The van der Waals surface area contributed by atoms with Crippen LogP contribution in [0.3, 0.4) is 0 Å². The quantitative estimate of drug-likeness (QED) is 0.609. The molecule has 0 unspecified atom stereocenters. The summed E-state index contributed by atoms with van der Waals surface area (Å²) in [6.07, 6.45) is 3.12. The van der Waals surface area contributed by atoms with Gasteiger partial charge in [-0.1, -0.05) is 12.1 Å². The Morgan fingerprint density at radius 2 is 1.92 bits per heavy atom. The van der Waals surface area contributed by atoms with Crippen LogP contribution in [0.5, 0.6) is 0 Å². The number of benzene rings is 1. The maximum atomic E-state index is 12.4. The van der Waals surface area contributed by atoms with Crippen LogP contribution in [0, 0.1) is 0 Å². The fourth-order valence-electron chi connectivity index (χ4n) is 2.27. The van der Waals surface area contributed by atoms with Crippen molar-refractivity contribution in [1.82, 2.24) is 9.80 Å². The topological polar surface area (TPSA) is 66.9 Å². The molecule has 0 spiro atoms. The van der Waals surface area contributed by atoms with Crippen molar-refractivity contribution in [3.63, 3.8) is 0 Å². The Balaban J connectivity index is 2.04. The van der Waals surface area contributed by atoms with Crippen LogP contribution in [0.1, 0.15) is 15.9 Å². The molecular formula is C17H20N2O4S. The van der Waals surface area contributed by atoms with Gasteiger partial charge >= 0.3 is 5.97 Å². The molecule has 1 aliphatic heterocycles. The van der Waals surface area contributed by atoms with Crippen molar-refractivity contribution in [3.8, 4) is 0 Å². The number of esters is 1. The first-order valence-corrected chi connectivity index (χ1v) is 8.55. The molecule has 0 saturated carbocycles. The number of ether oxygens (including phenoxy) is 1. The van der Waals surface area contributed by atoms with Crippen LogP contribution in [-0.2, 0) is 14.3 Å². The highest BCUT2D eigenvalue weighted by atomic mass is 32.2. The number of rotatable bonds is 4. The molecule has 0 aliphatic carbocycles. The molecule has 1 aromatic carbocycles. The highest BCUT2D eigenvalue weighted by Gasteiger charge is 2.34. The van der Waals surface area contributed by atoms with Crippen LogP contribution in [0.15, 0.2) is 30.3 Å². The molecule has 1 aliphatic rings. The number of methoxy groups -OCH3 is 1. The van der Waals surface area contributed by atoms with Crippen molar-refractivity contribution in [2.24, 2.45) is 0 Å². The average Bonchev–Trinajstić information content (AvgIpc) is 3.08. The van der Waals surface area contributed by atoms with E-state index in [4.69, 9.17) is 0 Å². The molecular weight excluding hydrogens is 328 g/mol. The maximum Gasteiger partial charge on any atom is 0.337 e. The lowest BCUT2D eigenvalue weighted by Gasteiger charge is -2.24. The standard InChI is InChI=1S/C17H20N2O4S/c1-18(2)16(21)14-10-24-11-19(14)15(20)9-6-12-4-7-13(8-5-12)17(22)23-3/h4-9,14H,10-11H2,1-3H3/b9-6+/t14-/m0/s1. The van der Waals surface area contributed by atoms with E-state index < -0.39 is 12.0 Å². The first-order valence-electron chi connectivity index (χ1n) is 7.40. The first kappa shape index (κ1) is 18.1. The molecule has 1 atom stereocenters. The molecule has 0 aromatic heterocycles. The van der Waals surface area contributed by atoms with Gasteiger partial charge in [-0.05, 0) is 23.8 Å². The molecule has 1 heterocycles. The van der Waals surface area contributed by atoms with Crippen molar-refractivity contribution in [2.45, 2.75) is 6.04 Å². The third kappa shape index (κ3) is 4.17. The van der Waals surface area contributed by atoms with E-state index in [-0.39, 0.29) is 11.8 Å². The smallest absolute Gasteiger partial charge is 0.337 e. The summed E-state index contributed by atoms with van der Waals surface area (Å²) in [5.74, 6) is 0.459. The van der Waals surface area contributed by atoms with Crippen molar-refractivity contribution in [2.75, 3.05) is 32.8 Å². The van der Waals surface area contributed by atoms with Gasteiger partial charge in [0.15, 0.2) is 0 Å². The lowest BCUT2D eigenvalue weighted by molar-refractivity contribution is -0.139. The Bertz CT molecular complexity index is 655. The molecule has 0 N–H and O–H groups in total. The van der Waals surface area contributed by atoms with Gasteiger partial charge in [0, 0.05) is 25.9 Å². The van der Waals surface area contributed by atoms with E-state index in [0.29, 0.717) is 17.2 Å². The summed E-state index contributed by atoms with van der Waals surface area (Å²) < 4.78 is 4.64. The van der Waals surface area contributed by atoms with Crippen molar-refractivity contribution < 1.29 is 19.1 Å². The molecule has 0 bridgehead atoms. The van der Waals surface area contributed by atoms with E-state index in [1.54, 1.807) is 61.1 Å². The van der Waals surface area contributed by atoms with Crippen LogP contribution in [0.4, 0.5) is 0 Å². The van der Waals surface area contributed by atoms with Gasteiger partial charge in [-0.15, -0.1) is 11.8 Å². The summed E-state index contributed by atoms with van der Waals surface area (Å²) in [6, 6.07) is 6.33. The van der Waals surface area contributed by atoms with E-state index in [1.165, 1.54) is 18.1 Å². The highest BCUT2D eigenvalue weighted by molar-refractivity contribution is 7.99. The zero-order valence-corrected chi connectivity index (χ0v) is 14.7. The molecule has 1 fully saturated rings. The molecule has 128 valence electrons. The Kier molecular flexibility index (Phi) is 6.03. The van der Waals surface area contributed by atoms with Crippen LogP contribution in [0.2, 0.25) is 0 Å². The van der Waals surface area contributed by atoms with Crippen LogP contribution in [0.25, 0.3) is 6.08 Å². The lowest BCUT2D eigenvalue weighted by atomic mass is 10.1. The molecule has 2 rings (SSSR count). The van der Waals surface area contributed by atoms with Gasteiger partial charge in [0.2, 0.25) is 11.8 Å².